The van der Waals surface area contributed by atoms with Crippen molar-refractivity contribution in [2.24, 2.45) is 5.73 Å². The number of carbonyl (C=O) groups excluding carboxylic acids is 3. The van der Waals surface area contributed by atoms with Gasteiger partial charge >= 0.3 is 5.97 Å². The summed E-state index contributed by atoms with van der Waals surface area (Å²) in [6.07, 6.45) is 3.17. The number of thioether (sulfide) groups is 1. The summed E-state index contributed by atoms with van der Waals surface area (Å²) in [7, 11) is 0. The van der Waals surface area contributed by atoms with Crippen molar-refractivity contribution < 1.29 is 29.4 Å². The topological polar surface area (TPSA) is 162 Å². The Morgan fingerprint density at radius 3 is 2.43 bits per heavy atom. The van der Waals surface area contributed by atoms with Crippen molar-refractivity contribution in [1.82, 2.24) is 15.5 Å². The Morgan fingerprint density at radius 2 is 1.89 bits per heavy atom. The number of hydrogen-bond donors (Lipinski definition) is 6. The summed E-state index contributed by atoms with van der Waals surface area (Å²) in [6.45, 7) is -0.465. The molecule has 0 aromatic heterocycles. The predicted molar refractivity (Wildman–Crippen MR) is 108 cm³/mol. The van der Waals surface area contributed by atoms with Gasteiger partial charge in [-0.1, -0.05) is 0 Å². The van der Waals surface area contributed by atoms with Crippen LogP contribution in [0.2, 0.25) is 0 Å². The number of aliphatic hydroxyl groups excluding tert-OH is 1. The Morgan fingerprint density at radius 1 is 1.25 bits per heavy atom. The third kappa shape index (κ3) is 6.83. The number of nitrogens with two attached hydrogens (primary N) is 1. The molecule has 0 aliphatic carbocycles. The van der Waals surface area contributed by atoms with Gasteiger partial charge in [-0.15, -0.1) is 0 Å². The lowest BCUT2D eigenvalue weighted by atomic mass is 10.1. The van der Waals surface area contributed by atoms with Gasteiger partial charge in [0.1, 0.15) is 18.1 Å². The molecule has 3 amide bonds. The number of carboxylic acids is 1. The van der Waals surface area contributed by atoms with Crippen LogP contribution in [0.4, 0.5) is 0 Å². The minimum absolute atomic E-state index is 0.0410. The third-order valence-corrected chi connectivity index (χ3v) is 5.41. The zero-order valence-corrected chi connectivity index (χ0v) is 17.4. The molecule has 1 saturated heterocycles. The number of thiol groups is 1. The number of nitrogens with zero attached hydrogens (tertiary/aromatic N) is 1. The van der Waals surface area contributed by atoms with E-state index in [1.165, 1.54) is 0 Å². The molecule has 0 aromatic rings. The van der Waals surface area contributed by atoms with Gasteiger partial charge in [0.25, 0.3) is 0 Å². The zero-order chi connectivity index (χ0) is 21.3. The van der Waals surface area contributed by atoms with Crippen LogP contribution in [0.5, 0.6) is 0 Å². The van der Waals surface area contributed by atoms with Gasteiger partial charge in [-0.05, 0) is 31.3 Å². The first kappa shape index (κ1) is 24.5. The molecule has 0 saturated carbocycles. The van der Waals surface area contributed by atoms with Crippen LogP contribution in [0.25, 0.3) is 0 Å². The SMILES string of the molecule is CSCCC(N)C(=O)NC(CS)C(=O)NC(CO)C(=O)N1CCCC1C(=O)O. The molecule has 1 fully saturated rings. The largest absolute Gasteiger partial charge is 0.480 e. The van der Waals surface area contributed by atoms with Crippen LogP contribution in [-0.2, 0) is 19.2 Å². The Balaban J connectivity index is 2.71. The molecule has 0 radical (unpaired) electrons. The lowest BCUT2D eigenvalue weighted by Gasteiger charge is -2.27. The number of nitrogens with one attached hydrogen (secondary N) is 2. The highest BCUT2D eigenvalue weighted by Gasteiger charge is 2.38. The van der Waals surface area contributed by atoms with Gasteiger partial charge in [0, 0.05) is 12.3 Å². The molecule has 160 valence electrons. The van der Waals surface area contributed by atoms with Crippen LogP contribution >= 0.6 is 24.4 Å². The number of likely N-dealkylation sites (tertiary alicyclic amines) is 1. The fourth-order valence-electron chi connectivity index (χ4n) is 2.79. The smallest absolute Gasteiger partial charge is 0.326 e. The Kier molecular flexibility index (Phi) is 10.6. The number of amides is 3. The molecule has 28 heavy (non-hydrogen) atoms. The van der Waals surface area contributed by atoms with Crippen LogP contribution in [-0.4, -0.2) is 93.9 Å². The molecule has 1 rings (SSSR count). The molecule has 1 aliphatic heterocycles. The van der Waals surface area contributed by atoms with E-state index in [0.717, 1.165) is 4.90 Å². The fourth-order valence-corrected chi connectivity index (χ4v) is 3.54. The molecular weight excluding hydrogens is 408 g/mol. The molecule has 6 N–H and O–H groups in total. The first-order valence-electron chi connectivity index (χ1n) is 8.87. The molecule has 1 heterocycles. The number of aliphatic hydroxyl groups is 1. The molecule has 0 spiro atoms. The first-order chi connectivity index (χ1) is 13.3. The molecule has 1 aliphatic rings. The summed E-state index contributed by atoms with van der Waals surface area (Å²) in [5.74, 6) is -2.39. The van der Waals surface area contributed by atoms with Gasteiger partial charge < -0.3 is 31.5 Å². The van der Waals surface area contributed by atoms with Crippen molar-refractivity contribution >= 4 is 48.1 Å². The standard InChI is InChI=1S/C16H28N4O6S2/c1-28-6-4-9(17)13(22)19-11(8-27)14(23)18-10(7-21)15(24)20-5-2-3-12(20)16(25)26/h9-12,21,27H,2-8,17H2,1H3,(H,18,23)(H,19,22)(H,25,26). The summed E-state index contributed by atoms with van der Waals surface area (Å²) in [5, 5.41) is 23.5. The van der Waals surface area contributed by atoms with Crippen molar-refractivity contribution in [3.05, 3.63) is 0 Å². The minimum atomic E-state index is -1.31. The summed E-state index contributed by atoms with van der Waals surface area (Å²) < 4.78 is 0. The lowest BCUT2D eigenvalue weighted by Crippen LogP contribution is -2.58. The lowest BCUT2D eigenvalue weighted by molar-refractivity contribution is -0.150. The summed E-state index contributed by atoms with van der Waals surface area (Å²) >= 11 is 5.59. The number of carboxylic acid groups (broad SMARTS) is 1. The third-order valence-electron chi connectivity index (χ3n) is 4.40. The van der Waals surface area contributed by atoms with Crippen LogP contribution in [0, 0.1) is 0 Å². The average Bonchev–Trinajstić information content (AvgIpc) is 3.17. The van der Waals surface area contributed by atoms with E-state index >= 15 is 0 Å². The Hall–Kier alpha value is -1.50. The van der Waals surface area contributed by atoms with E-state index in [2.05, 4.69) is 23.3 Å². The summed E-state index contributed by atoms with van der Waals surface area (Å²) in [5.41, 5.74) is 5.77. The van der Waals surface area contributed by atoms with E-state index in [9.17, 15) is 29.4 Å². The van der Waals surface area contributed by atoms with Crippen molar-refractivity contribution in [3.8, 4) is 0 Å². The molecule has 0 aromatic carbocycles. The molecule has 10 nitrogen and oxygen atoms in total. The monoisotopic (exact) mass is 436 g/mol. The van der Waals surface area contributed by atoms with E-state index in [1.54, 1.807) is 11.8 Å². The van der Waals surface area contributed by atoms with Crippen LogP contribution < -0.4 is 16.4 Å². The highest BCUT2D eigenvalue weighted by Crippen LogP contribution is 2.18. The second-order valence-electron chi connectivity index (χ2n) is 6.40. The maximum absolute atomic E-state index is 12.5. The van der Waals surface area contributed by atoms with Gasteiger partial charge in [-0.3, -0.25) is 14.4 Å². The fraction of sp³-hybridized carbons (Fsp3) is 0.750. The van der Waals surface area contributed by atoms with E-state index in [-0.39, 0.29) is 12.3 Å². The number of carbonyl (C=O) groups is 4. The predicted octanol–water partition coefficient (Wildman–Crippen LogP) is -1.97. The van der Waals surface area contributed by atoms with Crippen LogP contribution in [0.15, 0.2) is 0 Å². The van der Waals surface area contributed by atoms with Crippen LogP contribution in [0.1, 0.15) is 19.3 Å². The second kappa shape index (κ2) is 12.1. The molecule has 4 unspecified atom stereocenters. The van der Waals surface area contributed by atoms with Gasteiger partial charge in [-0.25, -0.2) is 4.79 Å². The van der Waals surface area contributed by atoms with E-state index in [0.29, 0.717) is 25.0 Å². The van der Waals surface area contributed by atoms with Crippen molar-refractivity contribution in [1.29, 1.82) is 0 Å². The van der Waals surface area contributed by atoms with Crippen molar-refractivity contribution in [2.45, 2.75) is 43.4 Å². The number of rotatable bonds is 11. The van der Waals surface area contributed by atoms with Crippen LogP contribution in [0.3, 0.4) is 0 Å². The Bertz CT molecular complexity index is 579. The second-order valence-corrected chi connectivity index (χ2v) is 7.75. The molecule has 4 atom stereocenters. The normalized spacial score (nSPS) is 19.6. The van der Waals surface area contributed by atoms with Gasteiger partial charge in [-0.2, -0.15) is 24.4 Å². The van der Waals surface area contributed by atoms with E-state index in [4.69, 9.17) is 5.73 Å². The maximum atomic E-state index is 12.5. The molecule has 12 heteroatoms. The molecular formula is C16H28N4O6S2. The van der Waals surface area contributed by atoms with E-state index in [1.807, 2.05) is 6.26 Å². The highest BCUT2D eigenvalue weighted by atomic mass is 32.2. The first-order valence-corrected chi connectivity index (χ1v) is 10.9. The highest BCUT2D eigenvalue weighted by molar-refractivity contribution is 7.98. The maximum Gasteiger partial charge on any atom is 0.326 e. The zero-order valence-electron chi connectivity index (χ0n) is 15.7. The van der Waals surface area contributed by atoms with Gasteiger partial charge in [0.2, 0.25) is 17.7 Å². The quantitative estimate of drug-likeness (QED) is 0.203. The molecule has 0 bridgehead atoms. The number of hydrogen-bond acceptors (Lipinski definition) is 8. The van der Waals surface area contributed by atoms with Gasteiger partial charge in [0.15, 0.2) is 0 Å². The van der Waals surface area contributed by atoms with Gasteiger partial charge in [0.05, 0.1) is 12.6 Å². The summed E-state index contributed by atoms with van der Waals surface area (Å²) in [6, 6.07) is -4.11. The minimum Gasteiger partial charge on any atom is -0.480 e. The summed E-state index contributed by atoms with van der Waals surface area (Å²) in [4.78, 5) is 49.5. The average molecular weight is 437 g/mol. The number of aliphatic carboxylic acids is 1. The Labute approximate surface area is 173 Å². The van der Waals surface area contributed by atoms with E-state index < -0.39 is 54.5 Å². The van der Waals surface area contributed by atoms with Crippen molar-refractivity contribution in [2.75, 3.05) is 30.9 Å². The van der Waals surface area contributed by atoms with Crippen molar-refractivity contribution in [3.63, 3.8) is 0 Å².